The smallest absolute Gasteiger partial charge is 0.271 e. The molecule has 1 heterocycles. The number of hydrogen-bond acceptors (Lipinski definition) is 7. The molecule has 10 heteroatoms. The van der Waals surface area contributed by atoms with Gasteiger partial charge in [-0.3, -0.25) is 20.5 Å². The Balaban J connectivity index is 2.35. The number of nitro benzene ring substituents is 1. The maximum Gasteiger partial charge on any atom is 0.295 e. The van der Waals surface area contributed by atoms with E-state index in [0.29, 0.717) is 11.4 Å². The molecule has 3 N–H and O–H groups in total. The number of sulfonamides is 1. The molecule has 0 atom stereocenters. The Bertz CT molecular complexity index is 865. The van der Waals surface area contributed by atoms with Crippen LogP contribution in [0, 0.1) is 10.1 Å². The summed E-state index contributed by atoms with van der Waals surface area (Å²) in [6, 6.07) is 8.54. The van der Waals surface area contributed by atoms with Crippen molar-refractivity contribution in [2.24, 2.45) is 10.2 Å². The second-order valence-corrected chi connectivity index (χ2v) is 6.07. The SMILES string of the molecule is C/C(=N/Nc1ccc(S(N)(=O)=O)cc1[N+](=O)[O-])c1ccccn1. The van der Waals surface area contributed by atoms with Crippen LogP contribution in [0.4, 0.5) is 11.4 Å². The third kappa shape index (κ3) is 4.08. The molecule has 1 aromatic heterocycles. The Morgan fingerprint density at radius 2 is 2.09 bits per heavy atom. The van der Waals surface area contributed by atoms with Crippen LogP contribution in [-0.4, -0.2) is 24.0 Å². The Hall–Kier alpha value is -2.85. The van der Waals surface area contributed by atoms with E-state index in [1.807, 2.05) is 0 Å². The van der Waals surface area contributed by atoms with Gasteiger partial charge in [0.25, 0.3) is 5.69 Å². The first-order chi connectivity index (χ1) is 10.8. The highest BCUT2D eigenvalue weighted by molar-refractivity contribution is 7.89. The van der Waals surface area contributed by atoms with E-state index >= 15 is 0 Å². The number of nitrogens with two attached hydrogens (primary N) is 1. The maximum atomic E-state index is 11.3. The molecule has 0 saturated heterocycles. The van der Waals surface area contributed by atoms with Crippen LogP contribution >= 0.6 is 0 Å². The molecule has 0 fully saturated rings. The summed E-state index contributed by atoms with van der Waals surface area (Å²) in [5, 5.41) is 20.1. The van der Waals surface area contributed by atoms with Gasteiger partial charge in [0, 0.05) is 12.3 Å². The monoisotopic (exact) mass is 335 g/mol. The van der Waals surface area contributed by atoms with Crippen molar-refractivity contribution in [2.45, 2.75) is 11.8 Å². The molecule has 0 amide bonds. The quantitative estimate of drug-likeness (QED) is 0.481. The predicted molar refractivity (Wildman–Crippen MR) is 84.5 cm³/mol. The Labute approximate surface area is 132 Å². The number of primary sulfonamides is 1. The predicted octanol–water partition coefficient (Wildman–Crippen LogP) is 1.47. The topological polar surface area (TPSA) is 141 Å². The van der Waals surface area contributed by atoms with Gasteiger partial charge in [0.05, 0.1) is 21.2 Å². The lowest BCUT2D eigenvalue weighted by Crippen LogP contribution is -2.12. The molecule has 9 nitrogen and oxygen atoms in total. The molecule has 0 bridgehead atoms. The zero-order valence-electron chi connectivity index (χ0n) is 12.0. The van der Waals surface area contributed by atoms with E-state index in [2.05, 4.69) is 15.5 Å². The molecule has 0 spiro atoms. The fourth-order valence-electron chi connectivity index (χ4n) is 1.71. The van der Waals surface area contributed by atoms with Gasteiger partial charge in [-0.1, -0.05) is 6.07 Å². The molecular formula is C13H13N5O4S. The first kappa shape index (κ1) is 16.5. The standard InChI is InChI=1S/C13H13N5O4S/c1-9(11-4-2-3-7-15-11)16-17-12-6-5-10(23(14,21)22)8-13(12)18(19)20/h2-8,17H,1H3,(H2,14,21,22)/b16-9-. The van der Waals surface area contributed by atoms with Crippen molar-refractivity contribution in [1.29, 1.82) is 0 Å². The third-order valence-electron chi connectivity index (χ3n) is 2.87. The van der Waals surface area contributed by atoms with Crippen molar-refractivity contribution < 1.29 is 13.3 Å². The van der Waals surface area contributed by atoms with Crippen LogP contribution in [0.2, 0.25) is 0 Å². The summed E-state index contributed by atoms with van der Waals surface area (Å²) in [7, 11) is -4.03. The summed E-state index contributed by atoms with van der Waals surface area (Å²) in [5.41, 5.74) is 3.24. The van der Waals surface area contributed by atoms with Gasteiger partial charge in [-0.05, 0) is 31.2 Å². The highest BCUT2D eigenvalue weighted by atomic mass is 32.2. The molecule has 0 aliphatic rings. The molecule has 0 saturated carbocycles. The zero-order valence-corrected chi connectivity index (χ0v) is 12.8. The van der Waals surface area contributed by atoms with Gasteiger partial charge in [0.15, 0.2) is 0 Å². The second kappa shape index (κ2) is 6.50. The van der Waals surface area contributed by atoms with Crippen LogP contribution in [0.1, 0.15) is 12.6 Å². The van der Waals surface area contributed by atoms with Crippen LogP contribution in [0.3, 0.4) is 0 Å². The summed E-state index contributed by atoms with van der Waals surface area (Å²) in [4.78, 5) is 14.1. The average molecular weight is 335 g/mol. The van der Waals surface area contributed by atoms with Crippen molar-refractivity contribution in [1.82, 2.24) is 4.98 Å². The van der Waals surface area contributed by atoms with Gasteiger partial charge >= 0.3 is 0 Å². The number of benzene rings is 1. The number of nitro groups is 1. The van der Waals surface area contributed by atoms with Crippen molar-refractivity contribution in [3.05, 3.63) is 58.4 Å². The minimum absolute atomic E-state index is 0.0395. The Morgan fingerprint density at radius 1 is 1.35 bits per heavy atom. The van der Waals surface area contributed by atoms with E-state index in [4.69, 9.17) is 5.14 Å². The number of pyridine rings is 1. The van der Waals surface area contributed by atoms with Crippen LogP contribution in [0.25, 0.3) is 0 Å². The van der Waals surface area contributed by atoms with Crippen molar-refractivity contribution in [3.8, 4) is 0 Å². The van der Waals surface area contributed by atoms with Crippen LogP contribution in [-0.2, 0) is 10.0 Å². The summed E-state index contributed by atoms with van der Waals surface area (Å²) >= 11 is 0. The Morgan fingerprint density at radius 3 is 2.65 bits per heavy atom. The summed E-state index contributed by atoms with van der Waals surface area (Å²) in [6.45, 7) is 1.68. The fraction of sp³-hybridized carbons (Fsp3) is 0.0769. The molecule has 0 radical (unpaired) electrons. The number of aromatic nitrogens is 1. The van der Waals surface area contributed by atoms with E-state index in [9.17, 15) is 18.5 Å². The van der Waals surface area contributed by atoms with Gasteiger partial charge in [-0.15, -0.1) is 0 Å². The lowest BCUT2D eigenvalue weighted by atomic mass is 10.2. The number of hydrazone groups is 1. The first-order valence-electron chi connectivity index (χ1n) is 6.32. The van der Waals surface area contributed by atoms with Crippen molar-refractivity contribution in [3.63, 3.8) is 0 Å². The molecule has 2 rings (SSSR count). The normalized spacial score (nSPS) is 12.0. The lowest BCUT2D eigenvalue weighted by molar-refractivity contribution is -0.384. The number of nitrogens with zero attached hydrogens (tertiary/aromatic N) is 3. The van der Waals surface area contributed by atoms with Crippen LogP contribution in [0.15, 0.2) is 52.6 Å². The number of anilines is 1. The van der Waals surface area contributed by atoms with Crippen molar-refractivity contribution in [2.75, 3.05) is 5.43 Å². The molecular weight excluding hydrogens is 322 g/mol. The zero-order chi connectivity index (χ0) is 17.0. The van der Waals surface area contributed by atoms with E-state index in [1.54, 1.807) is 31.3 Å². The molecule has 120 valence electrons. The Kier molecular flexibility index (Phi) is 4.67. The lowest BCUT2D eigenvalue weighted by Gasteiger charge is -2.05. The number of hydrogen-bond donors (Lipinski definition) is 2. The van der Waals surface area contributed by atoms with Crippen LogP contribution < -0.4 is 10.6 Å². The molecule has 0 aliphatic carbocycles. The summed E-state index contributed by atoms with van der Waals surface area (Å²) in [5.74, 6) is 0. The van der Waals surface area contributed by atoms with Crippen molar-refractivity contribution >= 4 is 27.1 Å². The van der Waals surface area contributed by atoms with Gasteiger partial charge in [-0.2, -0.15) is 5.10 Å². The minimum atomic E-state index is -4.03. The number of nitrogens with one attached hydrogen (secondary N) is 1. The highest BCUT2D eigenvalue weighted by Gasteiger charge is 2.19. The molecule has 1 aromatic carbocycles. The van der Waals surface area contributed by atoms with Gasteiger partial charge in [0.1, 0.15) is 5.69 Å². The fourth-order valence-corrected chi connectivity index (χ4v) is 2.25. The van der Waals surface area contributed by atoms with Gasteiger partial charge < -0.3 is 0 Å². The summed E-state index contributed by atoms with van der Waals surface area (Å²) < 4.78 is 22.5. The van der Waals surface area contributed by atoms with E-state index in [1.165, 1.54) is 6.07 Å². The average Bonchev–Trinajstić information content (AvgIpc) is 2.52. The summed E-state index contributed by atoms with van der Waals surface area (Å²) in [6.07, 6.45) is 1.59. The molecule has 0 aliphatic heterocycles. The largest absolute Gasteiger partial charge is 0.295 e. The van der Waals surface area contributed by atoms with E-state index < -0.39 is 20.6 Å². The van der Waals surface area contributed by atoms with E-state index in [-0.39, 0.29) is 10.6 Å². The molecule has 2 aromatic rings. The van der Waals surface area contributed by atoms with E-state index in [0.717, 1.165) is 12.1 Å². The number of rotatable bonds is 5. The highest BCUT2D eigenvalue weighted by Crippen LogP contribution is 2.27. The van der Waals surface area contributed by atoms with Gasteiger partial charge in [-0.25, -0.2) is 13.6 Å². The minimum Gasteiger partial charge on any atom is -0.271 e. The molecule has 23 heavy (non-hydrogen) atoms. The third-order valence-corrected chi connectivity index (χ3v) is 3.79. The second-order valence-electron chi connectivity index (χ2n) is 4.51. The molecule has 0 unspecified atom stereocenters. The van der Waals surface area contributed by atoms with Crippen LogP contribution in [0.5, 0.6) is 0 Å². The van der Waals surface area contributed by atoms with Gasteiger partial charge in [0.2, 0.25) is 10.0 Å². The maximum absolute atomic E-state index is 11.3. The first-order valence-corrected chi connectivity index (χ1v) is 7.86.